The minimum absolute atomic E-state index is 0. The number of halogens is 1. The molecular weight excluding hydrogens is 348 g/mol. The third-order valence-corrected chi connectivity index (χ3v) is 5.01. The van der Waals surface area contributed by atoms with Crippen molar-refractivity contribution in [2.45, 2.75) is 38.3 Å². The quantitative estimate of drug-likeness (QED) is 0.805. The molecule has 0 spiro atoms. The van der Waals surface area contributed by atoms with Gasteiger partial charge in [0.15, 0.2) is 0 Å². The molecule has 0 heterocycles. The minimum Gasteiger partial charge on any atom is -0.497 e. The van der Waals surface area contributed by atoms with Gasteiger partial charge in [0, 0.05) is 19.0 Å². The van der Waals surface area contributed by atoms with Gasteiger partial charge in [0.1, 0.15) is 5.75 Å². The van der Waals surface area contributed by atoms with E-state index >= 15 is 0 Å². The molecule has 3 rings (SSSR count). The molecule has 1 aliphatic rings. The Bertz CT molecular complexity index is 718. The van der Waals surface area contributed by atoms with E-state index < -0.39 is 0 Å². The number of rotatable bonds is 6. The molecule has 1 fully saturated rings. The number of methoxy groups -OCH3 is 1. The number of carbonyl (C=O) groups excluding carboxylic acids is 1. The molecule has 0 saturated heterocycles. The molecule has 3 N–H and O–H groups in total. The summed E-state index contributed by atoms with van der Waals surface area (Å²) in [7, 11) is 1.67. The zero-order valence-corrected chi connectivity index (χ0v) is 15.9. The van der Waals surface area contributed by atoms with E-state index in [9.17, 15) is 4.79 Å². The van der Waals surface area contributed by atoms with Crippen molar-refractivity contribution in [1.29, 1.82) is 0 Å². The van der Waals surface area contributed by atoms with Gasteiger partial charge in [0.2, 0.25) is 5.91 Å². The van der Waals surface area contributed by atoms with Crippen LogP contribution >= 0.6 is 12.4 Å². The molecular formula is C21H27ClN2O2. The number of carbonyl (C=O) groups is 1. The molecule has 2 aromatic rings. The van der Waals surface area contributed by atoms with Gasteiger partial charge >= 0.3 is 0 Å². The number of nitrogens with one attached hydrogen (secondary N) is 1. The summed E-state index contributed by atoms with van der Waals surface area (Å²) < 4.78 is 5.27. The molecule has 0 aromatic heterocycles. The fourth-order valence-electron chi connectivity index (χ4n) is 3.45. The first-order valence-electron chi connectivity index (χ1n) is 8.91. The topological polar surface area (TPSA) is 64.3 Å². The van der Waals surface area contributed by atoms with E-state index in [1.54, 1.807) is 7.11 Å². The maximum absolute atomic E-state index is 12.1. The second-order valence-electron chi connectivity index (χ2n) is 6.76. The highest BCUT2D eigenvalue weighted by Gasteiger charge is 2.25. The van der Waals surface area contributed by atoms with Crippen molar-refractivity contribution in [3.05, 3.63) is 54.1 Å². The molecule has 0 aliphatic heterocycles. The van der Waals surface area contributed by atoms with Crippen LogP contribution in [-0.2, 0) is 11.3 Å². The lowest BCUT2D eigenvalue weighted by Crippen LogP contribution is -2.31. The molecule has 2 atom stereocenters. The van der Waals surface area contributed by atoms with E-state index in [0.717, 1.165) is 41.7 Å². The van der Waals surface area contributed by atoms with Crippen molar-refractivity contribution in [1.82, 2.24) is 5.32 Å². The molecule has 0 radical (unpaired) electrons. The van der Waals surface area contributed by atoms with Crippen molar-refractivity contribution in [3.63, 3.8) is 0 Å². The molecule has 1 saturated carbocycles. The van der Waals surface area contributed by atoms with E-state index in [0.29, 0.717) is 18.9 Å². The molecule has 0 unspecified atom stereocenters. The van der Waals surface area contributed by atoms with Crippen LogP contribution in [0.5, 0.6) is 5.75 Å². The predicted molar refractivity (Wildman–Crippen MR) is 107 cm³/mol. The summed E-state index contributed by atoms with van der Waals surface area (Å²) in [6.07, 6.45) is 3.81. The van der Waals surface area contributed by atoms with Gasteiger partial charge in [-0.1, -0.05) is 42.8 Å². The molecule has 1 aliphatic carbocycles. The molecule has 5 heteroatoms. The SMILES string of the molecule is COc1cccc(-c2ccc(CNC(=O)C[C@@H]3CCC[C@H]3N)cc2)c1.Cl. The standard InChI is InChI=1S/C21H26N2O2.ClH/c1-25-19-6-2-4-17(12-19)16-10-8-15(9-11-16)14-23-21(24)13-18-5-3-7-20(18)22;/h2,4,6,8-12,18,20H,3,5,7,13-14,22H2,1H3,(H,23,24);1H/t18-,20+;/m0./s1. The highest BCUT2D eigenvalue weighted by molar-refractivity contribution is 5.85. The van der Waals surface area contributed by atoms with Gasteiger partial charge in [-0.2, -0.15) is 0 Å². The number of ether oxygens (including phenoxy) is 1. The first kappa shape index (κ1) is 20.3. The Balaban J connectivity index is 0.00000243. The van der Waals surface area contributed by atoms with Crippen molar-refractivity contribution in [2.75, 3.05) is 7.11 Å². The van der Waals surface area contributed by atoms with Crippen LogP contribution in [0, 0.1) is 5.92 Å². The Labute approximate surface area is 161 Å². The Kier molecular flexibility index (Phi) is 7.49. The lowest BCUT2D eigenvalue weighted by Gasteiger charge is -2.14. The summed E-state index contributed by atoms with van der Waals surface area (Å²) in [5.41, 5.74) is 9.38. The van der Waals surface area contributed by atoms with E-state index in [-0.39, 0.29) is 24.4 Å². The van der Waals surface area contributed by atoms with Crippen LogP contribution < -0.4 is 15.8 Å². The van der Waals surface area contributed by atoms with Gasteiger partial charge in [-0.05, 0) is 47.6 Å². The van der Waals surface area contributed by atoms with Crippen molar-refractivity contribution in [3.8, 4) is 16.9 Å². The van der Waals surface area contributed by atoms with Gasteiger partial charge in [0.05, 0.1) is 7.11 Å². The lowest BCUT2D eigenvalue weighted by molar-refractivity contribution is -0.122. The number of hydrogen-bond acceptors (Lipinski definition) is 3. The third kappa shape index (κ3) is 5.23. The number of hydrogen-bond donors (Lipinski definition) is 2. The molecule has 4 nitrogen and oxygen atoms in total. The summed E-state index contributed by atoms with van der Waals surface area (Å²) in [6, 6.07) is 16.4. The second-order valence-corrected chi connectivity index (χ2v) is 6.76. The predicted octanol–water partition coefficient (Wildman–Crippen LogP) is 3.92. The Morgan fingerprint density at radius 3 is 2.58 bits per heavy atom. The second kappa shape index (κ2) is 9.60. The summed E-state index contributed by atoms with van der Waals surface area (Å²) in [5, 5.41) is 3.01. The van der Waals surface area contributed by atoms with Crippen LogP contribution in [0.15, 0.2) is 48.5 Å². The van der Waals surface area contributed by atoms with E-state index in [2.05, 4.69) is 35.6 Å². The van der Waals surface area contributed by atoms with Crippen LogP contribution in [0.25, 0.3) is 11.1 Å². The summed E-state index contributed by atoms with van der Waals surface area (Å²) in [5.74, 6) is 1.29. The molecule has 26 heavy (non-hydrogen) atoms. The van der Waals surface area contributed by atoms with E-state index in [1.165, 1.54) is 0 Å². The average molecular weight is 375 g/mol. The highest BCUT2D eigenvalue weighted by Crippen LogP contribution is 2.27. The fourth-order valence-corrected chi connectivity index (χ4v) is 3.45. The van der Waals surface area contributed by atoms with E-state index in [4.69, 9.17) is 10.5 Å². The zero-order chi connectivity index (χ0) is 17.6. The van der Waals surface area contributed by atoms with Gasteiger partial charge < -0.3 is 15.8 Å². The van der Waals surface area contributed by atoms with Crippen molar-refractivity contribution in [2.24, 2.45) is 11.7 Å². The Hall–Kier alpha value is -2.04. The zero-order valence-electron chi connectivity index (χ0n) is 15.1. The molecule has 1 amide bonds. The maximum atomic E-state index is 12.1. The summed E-state index contributed by atoms with van der Waals surface area (Å²) >= 11 is 0. The third-order valence-electron chi connectivity index (χ3n) is 5.01. The fraction of sp³-hybridized carbons (Fsp3) is 0.381. The number of amides is 1. The molecule has 2 aromatic carbocycles. The summed E-state index contributed by atoms with van der Waals surface area (Å²) in [4.78, 5) is 12.1. The normalized spacial score (nSPS) is 18.8. The van der Waals surface area contributed by atoms with Crippen LogP contribution in [0.4, 0.5) is 0 Å². The Morgan fingerprint density at radius 1 is 1.15 bits per heavy atom. The van der Waals surface area contributed by atoms with Gasteiger partial charge in [-0.15, -0.1) is 12.4 Å². The molecule has 0 bridgehead atoms. The highest BCUT2D eigenvalue weighted by atomic mass is 35.5. The average Bonchev–Trinajstić information content (AvgIpc) is 3.05. The van der Waals surface area contributed by atoms with E-state index in [1.807, 2.05) is 18.2 Å². The van der Waals surface area contributed by atoms with Crippen molar-refractivity contribution >= 4 is 18.3 Å². The van der Waals surface area contributed by atoms with Crippen molar-refractivity contribution < 1.29 is 9.53 Å². The summed E-state index contributed by atoms with van der Waals surface area (Å²) in [6.45, 7) is 0.555. The number of nitrogens with two attached hydrogens (primary N) is 1. The monoisotopic (exact) mass is 374 g/mol. The van der Waals surface area contributed by atoms with Gasteiger partial charge in [-0.3, -0.25) is 4.79 Å². The lowest BCUT2D eigenvalue weighted by atomic mass is 10.00. The number of benzene rings is 2. The van der Waals surface area contributed by atoms with Crippen LogP contribution in [0.1, 0.15) is 31.2 Å². The Morgan fingerprint density at radius 2 is 1.92 bits per heavy atom. The first-order valence-corrected chi connectivity index (χ1v) is 8.91. The largest absolute Gasteiger partial charge is 0.497 e. The minimum atomic E-state index is 0. The van der Waals surface area contributed by atoms with Gasteiger partial charge in [-0.25, -0.2) is 0 Å². The van der Waals surface area contributed by atoms with Crippen LogP contribution in [-0.4, -0.2) is 19.1 Å². The van der Waals surface area contributed by atoms with Crippen LogP contribution in [0.2, 0.25) is 0 Å². The van der Waals surface area contributed by atoms with Gasteiger partial charge in [0.25, 0.3) is 0 Å². The smallest absolute Gasteiger partial charge is 0.220 e. The molecule has 140 valence electrons. The van der Waals surface area contributed by atoms with Crippen LogP contribution in [0.3, 0.4) is 0 Å². The maximum Gasteiger partial charge on any atom is 0.220 e. The first-order chi connectivity index (χ1) is 12.2.